The normalized spacial score (nSPS) is 14.8. The fourth-order valence-electron chi connectivity index (χ4n) is 4.87. The van der Waals surface area contributed by atoms with Crippen LogP contribution in [0.15, 0.2) is 89.3 Å². The number of rotatable bonds is 8. The Labute approximate surface area is 224 Å². The Kier molecular flexibility index (Phi) is 7.38. The minimum atomic E-state index is 0.181. The van der Waals surface area contributed by atoms with Crippen LogP contribution in [0.25, 0.3) is 5.69 Å². The molecule has 0 spiro atoms. The maximum atomic E-state index is 5.78. The van der Waals surface area contributed by atoms with Gasteiger partial charge in [0.1, 0.15) is 11.5 Å². The molecule has 5 rings (SSSR count). The van der Waals surface area contributed by atoms with Crippen molar-refractivity contribution in [2.75, 3.05) is 20.2 Å². The Balaban J connectivity index is 1.30. The highest BCUT2D eigenvalue weighted by atomic mass is 16.5. The van der Waals surface area contributed by atoms with Crippen molar-refractivity contribution < 1.29 is 4.74 Å². The molecule has 1 aliphatic heterocycles. The Morgan fingerprint density at radius 1 is 0.974 bits per heavy atom. The van der Waals surface area contributed by atoms with Crippen molar-refractivity contribution >= 4 is 11.9 Å². The maximum absolute atomic E-state index is 5.78. The standard InChI is InChI=1S/C31H34N6O/c1-21-5-9-24(10-6-21)31(25-11-7-22(2)8-12-25)36-18-27(19-36)33-16-28(35-32)26-13-14-29(30(15-26)38-4)37-17-23(3)34-20-37/h5-17,20,27,31H,18-19,32H2,1-4H3/b33-16?,35-28+. The zero-order valence-electron chi connectivity index (χ0n) is 22.4. The van der Waals surface area contributed by atoms with Crippen molar-refractivity contribution in [2.45, 2.75) is 32.9 Å². The van der Waals surface area contributed by atoms with E-state index in [1.54, 1.807) is 19.7 Å². The summed E-state index contributed by atoms with van der Waals surface area (Å²) in [5, 5.41) is 4.02. The van der Waals surface area contributed by atoms with Crippen molar-refractivity contribution in [1.29, 1.82) is 0 Å². The highest BCUT2D eigenvalue weighted by Crippen LogP contribution is 2.33. The number of imidazole rings is 1. The first-order chi connectivity index (χ1) is 18.4. The highest BCUT2D eigenvalue weighted by molar-refractivity contribution is 6.38. The van der Waals surface area contributed by atoms with Crippen LogP contribution in [0.3, 0.4) is 0 Å². The number of aliphatic imine (C=N–C) groups is 1. The smallest absolute Gasteiger partial charge is 0.143 e. The molecule has 3 aromatic carbocycles. The summed E-state index contributed by atoms with van der Waals surface area (Å²) in [6, 6.07) is 23.9. The van der Waals surface area contributed by atoms with Gasteiger partial charge in [0.15, 0.2) is 0 Å². The SMILES string of the molecule is COc1cc(/C(C=NC2CN(C(c3ccc(C)cc3)c3ccc(C)cc3)C2)=N/N)ccc1-n1cnc(C)c1. The van der Waals surface area contributed by atoms with Crippen LogP contribution >= 0.6 is 0 Å². The van der Waals surface area contributed by atoms with Crippen molar-refractivity contribution in [3.8, 4) is 11.4 Å². The quantitative estimate of drug-likeness (QED) is 0.207. The molecule has 194 valence electrons. The molecule has 0 amide bonds. The molecule has 4 aromatic rings. The third-order valence-corrected chi connectivity index (χ3v) is 7.05. The molecular weight excluding hydrogens is 472 g/mol. The van der Waals surface area contributed by atoms with E-state index in [9.17, 15) is 0 Å². The molecule has 0 saturated carbocycles. The minimum Gasteiger partial charge on any atom is -0.495 e. The molecule has 1 saturated heterocycles. The van der Waals surface area contributed by atoms with E-state index in [4.69, 9.17) is 15.6 Å². The largest absolute Gasteiger partial charge is 0.495 e. The molecule has 2 N–H and O–H groups in total. The van der Waals surface area contributed by atoms with E-state index in [-0.39, 0.29) is 12.1 Å². The number of likely N-dealkylation sites (tertiary alicyclic amines) is 1. The molecular formula is C31H34N6O. The number of ether oxygens (including phenoxy) is 1. The first-order valence-electron chi connectivity index (χ1n) is 12.8. The number of aryl methyl sites for hydroxylation is 3. The number of hydrazone groups is 1. The van der Waals surface area contributed by atoms with E-state index < -0.39 is 0 Å². The molecule has 2 heterocycles. The average Bonchev–Trinajstić information content (AvgIpc) is 3.34. The van der Waals surface area contributed by atoms with E-state index in [1.165, 1.54) is 22.3 Å². The summed E-state index contributed by atoms with van der Waals surface area (Å²) < 4.78 is 7.58. The molecule has 1 aromatic heterocycles. The van der Waals surface area contributed by atoms with Gasteiger partial charge in [0.05, 0.1) is 36.9 Å². The molecule has 1 aliphatic rings. The van der Waals surface area contributed by atoms with E-state index >= 15 is 0 Å². The Morgan fingerprint density at radius 3 is 2.13 bits per heavy atom. The van der Waals surface area contributed by atoms with Gasteiger partial charge in [0.2, 0.25) is 0 Å². The van der Waals surface area contributed by atoms with Crippen LogP contribution in [0.4, 0.5) is 0 Å². The summed E-state index contributed by atoms with van der Waals surface area (Å²) in [6.07, 6.45) is 5.51. The van der Waals surface area contributed by atoms with Gasteiger partial charge in [-0.1, -0.05) is 65.7 Å². The fraction of sp³-hybridized carbons (Fsp3) is 0.258. The molecule has 0 bridgehead atoms. The third-order valence-electron chi connectivity index (χ3n) is 7.05. The van der Waals surface area contributed by atoms with Crippen molar-refractivity contribution in [2.24, 2.45) is 15.9 Å². The summed E-state index contributed by atoms with van der Waals surface area (Å²) in [6.45, 7) is 7.93. The molecule has 38 heavy (non-hydrogen) atoms. The van der Waals surface area contributed by atoms with E-state index in [0.29, 0.717) is 11.5 Å². The summed E-state index contributed by atoms with van der Waals surface area (Å²) in [5.41, 5.74) is 8.43. The van der Waals surface area contributed by atoms with Crippen LogP contribution in [0.1, 0.15) is 39.6 Å². The second-order valence-corrected chi connectivity index (χ2v) is 9.93. The first kappa shape index (κ1) is 25.4. The molecule has 0 aliphatic carbocycles. The fourth-order valence-corrected chi connectivity index (χ4v) is 4.87. The average molecular weight is 507 g/mol. The Hall–Kier alpha value is -4.23. The van der Waals surface area contributed by atoms with Gasteiger partial charge in [-0.05, 0) is 44.0 Å². The Morgan fingerprint density at radius 2 is 1.61 bits per heavy atom. The van der Waals surface area contributed by atoms with Crippen LogP contribution in [-0.4, -0.2) is 52.6 Å². The van der Waals surface area contributed by atoms with Gasteiger partial charge in [-0.15, -0.1) is 0 Å². The Bertz CT molecular complexity index is 1400. The number of nitrogens with two attached hydrogens (primary N) is 1. The van der Waals surface area contributed by atoms with Crippen LogP contribution in [0.5, 0.6) is 5.75 Å². The lowest BCUT2D eigenvalue weighted by atomic mass is 9.92. The van der Waals surface area contributed by atoms with E-state index in [0.717, 1.165) is 30.0 Å². The summed E-state index contributed by atoms with van der Waals surface area (Å²) in [4.78, 5) is 11.6. The van der Waals surface area contributed by atoms with Gasteiger partial charge < -0.3 is 15.1 Å². The predicted octanol–water partition coefficient (Wildman–Crippen LogP) is 5.01. The third kappa shape index (κ3) is 5.38. The molecule has 7 nitrogen and oxygen atoms in total. The molecule has 1 fully saturated rings. The van der Waals surface area contributed by atoms with Crippen molar-refractivity contribution in [3.05, 3.63) is 113 Å². The molecule has 0 atom stereocenters. The summed E-state index contributed by atoms with van der Waals surface area (Å²) >= 11 is 0. The lowest BCUT2D eigenvalue weighted by molar-refractivity contribution is 0.115. The van der Waals surface area contributed by atoms with Gasteiger partial charge in [-0.25, -0.2) is 4.98 Å². The zero-order chi connectivity index (χ0) is 26.6. The number of benzene rings is 3. The maximum Gasteiger partial charge on any atom is 0.143 e. The van der Waals surface area contributed by atoms with Crippen LogP contribution in [-0.2, 0) is 0 Å². The number of methoxy groups -OCH3 is 1. The van der Waals surface area contributed by atoms with Crippen LogP contribution in [0.2, 0.25) is 0 Å². The van der Waals surface area contributed by atoms with Crippen LogP contribution < -0.4 is 10.6 Å². The molecule has 0 radical (unpaired) electrons. The first-order valence-corrected chi connectivity index (χ1v) is 12.8. The summed E-state index contributed by atoms with van der Waals surface area (Å²) in [5.74, 6) is 6.49. The molecule has 7 heteroatoms. The van der Waals surface area contributed by atoms with E-state index in [2.05, 4.69) is 77.4 Å². The van der Waals surface area contributed by atoms with Gasteiger partial charge in [-0.2, -0.15) is 5.10 Å². The lowest BCUT2D eigenvalue weighted by Crippen LogP contribution is -2.51. The lowest BCUT2D eigenvalue weighted by Gasteiger charge is -2.43. The van der Waals surface area contributed by atoms with Crippen LogP contribution in [0, 0.1) is 20.8 Å². The van der Waals surface area contributed by atoms with Gasteiger partial charge in [0.25, 0.3) is 0 Å². The summed E-state index contributed by atoms with van der Waals surface area (Å²) in [7, 11) is 1.65. The monoisotopic (exact) mass is 506 g/mol. The predicted molar refractivity (Wildman–Crippen MR) is 154 cm³/mol. The second kappa shape index (κ2) is 11.0. The number of hydrogen-bond acceptors (Lipinski definition) is 6. The van der Waals surface area contributed by atoms with Gasteiger partial charge >= 0.3 is 0 Å². The zero-order valence-corrected chi connectivity index (χ0v) is 22.4. The number of hydrogen-bond donors (Lipinski definition) is 1. The van der Waals surface area contributed by atoms with Crippen molar-refractivity contribution in [3.63, 3.8) is 0 Å². The highest BCUT2D eigenvalue weighted by Gasteiger charge is 2.33. The van der Waals surface area contributed by atoms with Gasteiger partial charge in [-0.3, -0.25) is 9.89 Å². The van der Waals surface area contributed by atoms with Gasteiger partial charge in [0, 0.05) is 31.1 Å². The number of aromatic nitrogens is 2. The van der Waals surface area contributed by atoms with E-state index in [1.807, 2.05) is 35.9 Å². The number of nitrogens with zero attached hydrogens (tertiary/aromatic N) is 5. The molecule has 0 unspecified atom stereocenters. The topological polar surface area (TPSA) is 81.0 Å². The second-order valence-electron chi connectivity index (χ2n) is 9.93. The minimum absolute atomic E-state index is 0.181. The van der Waals surface area contributed by atoms with Crippen molar-refractivity contribution in [1.82, 2.24) is 14.5 Å².